The Bertz CT molecular complexity index is 803. The Labute approximate surface area is 191 Å². The quantitative estimate of drug-likeness (QED) is 0.516. The Kier molecular flexibility index (Phi) is 6.58. The highest BCUT2D eigenvalue weighted by atomic mass is 35.5. The molecule has 31 heavy (non-hydrogen) atoms. The van der Waals surface area contributed by atoms with E-state index in [1.807, 2.05) is 54.5 Å². The second kappa shape index (κ2) is 8.45. The van der Waals surface area contributed by atoms with Gasteiger partial charge >= 0.3 is 13.2 Å². The van der Waals surface area contributed by atoms with Crippen LogP contribution in [0.1, 0.15) is 74.1 Å². The first-order valence-corrected chi connectivity index (χ1v) is 11.4. The number of rotatable bonds is 4. The smallest absolute Gasteiger partial charge is 0.465 e. The van der Waals surface area contributed by atoms with E-state index >= 15 is 0 Å². The predicted molar refractivity (Wildman–Crippen MR) is 124 cm³/mol. The fourth-order valence-corrected chi connectivity index (χ4v) is 4.60. The molecule has 172 valence electrons. The van der Waals surface area contributed by atoms with Crippen LogP contribution >= 0.6 is 11.6 Å². The standard InChI is InChI=1S/C22H35BClN3O4/c1-20(2,3)27(19(28)29)16-10-8-15(9-11-16)25-18-13-14(12-17(24)26-18)23-30-21(4,5)22(6,7)31-23/h12-13,15-16H,8-11H2,1-7H3,(H,25,26)(H,28,29). The molecular formula is C22H35BClN3O4. The van der Waals surface area contributed by atoms with Crippen molar-refractivity contribution in [3.05, 3.63) is 17.3 Å². The molecule has 9 heteroatoms. The fourth-order valence-electron chi connectivity index (χ4n) is 4.38. The van der Waals surface area contributed by atoms with Crippen LogP contribution in [-0.4, -0.2) is 57.0 Å². The topological polar surface area (TPSA) is 83.9 Å². The van der Waals surface area contributed by atoms with E-state index in [0.717, 1.165) is 31.1 Å². The summed E-state index contributed by atoms with van der Waals surface area (Å²) >= 11 is 6.30. The Morgan fingerprint density at radius 3 is 2.19 bits per heavy atom. The number of nitrogens with one attached hydrogen (secondary N) is 1. The Morgan fingerprint density at radius 1 is 1.16 bits per heavy atom. The molecule has 1 amide bonds. The van der Waals surface area contributed by atoms with Crippen molar-refractivity contribution < 1.29 is 19.2 Å². The average molecular weight is 452 g/mol. The predicted octanol–water partition coefficient (Wildman–Crippen LogP) is 4.54. The largest absolute Gasteiger partial charge is 0.495 e. The van der Waals surface area contributed by atoms with Crippen molar-refractivity contribution in [2.24, 2.45) is 0 Å². The third kappa shape index (κ3) is 5.29. The van der Waals surface area contributed by atoms with Gasteiger partial charge in [-0.1, -0.05) is 11.6 Å². The van der Waals surface area contributed by atoms with Gasteiger partial charge in [-0.2, -0.15) is 0 Å². The van der Waals surface area contributed by atoms with Gasteiger partial charge in [0.15, 0.2) is 0 Å². The molecular weight excluding hydrogens is 417 g/mol. The van der Waals surface area contributed by atoms with E-state index in [1.165, 1.54) is 0 Å². The molecule has 0 unspecified atom stereocenters. The van der Waals surface area contributed by atoms with Crippen LogP contribution in [-0.2, 0) is 9.31 Å². The lowest BCUT2D eigenvalue weighted by Gasteiger charge is -2.42. The van der Waals surface area contributed by atoms with E-state index in [2.05, 4.69) is 10.3 Å². The van der Waals surface area contributed by atoms with Crippen molar-refractivity contribution in [1.29, 1.82) is 0 Å². The molecule has 1 aromatic heterocycles. The molecule has 1 saturated heterocycles. The first-order chi connectivity index (χ1) is 14.2. The van der Waals surface area contributed by atoms with Gasteiger partial charge < -0.3 is 24.6 Å². The minimum absolute atomic E-state index is 0.0307. The van der Waals surface area contributed by atoms with Crippen LogP contribution in [0.3, 0.4) is 0 Å². The van der Waals surface area contributed by atoms with Gasteiger partial charge in [0.1, 0.15) is 11.0 Å². The zero-order valence-electron chi connectivity index (χ0n) is 19.7. The van der Waals surface area contributed by atoms with Crippen LogP contribution in [0.5, 0.6) is 0 Å². The minimum atomic E-state index is -0.854. The number of amides is 1. The number of anilines is 1. The molecule has 2 heterocycles. The molecule has 0 radical (unpaired) electrons. The van der Waals surface area contributed by atoms with E-state index in [-0.39, 0.29) is 12.1 Å². The van der Waals surface area contributed by atoms with E-state index in [9.17, 15) is 9.90 Å². The second-order valence-electron chi connectivity index (χ2n) is 10.7. The van der Waals surface area contributed by atoms with Crippen LogP contribution in [0.4, 0.5) is 10.6 Å². The third-order valence-electron chi connectivity index (χ3n) is 6.68. The van der Waals surface area contributed by atoms with E-state index in [1.54, 1.807) is 11.0 Å². The van der Waals surface area contributed by atoms with Crippen molar-refractivity contribution >= 4 is 36.1 Å². The molecule has 0 aromatic carbocycles. The van der Waals surface area contributed by atoms with Gasteiger partial charge in [-0.25, -0.2) is 9.78 Å². The van der Waals surface area contributed by atoms with Gasteiger partial charge in [0.2, 0.25) is 0 Å². The lowest BCUT2D eigenvalue weighted by Crippen LogP contribution is -2.52. The summed E-state index contributed by atoms with van der Waals surface area (Å²) in [7, 11) is -0.502. The number of aromatic nitrogens is 1. The zero-order chi connectivity index (χ0) is 23.2. The molecule has 2 aliphatic rings. The van der Waals surface area contributed by atoms with E-state index in [4.69, 9.17) is 20.9 Å². The Morgan fingerprint density at radius 2 is 1.71 bits per heavy atom. The molecule has 0 bridgehead atoms. The van der Waals surface area contributed by atoms with Crippen molar-refractivity contribution in [1.82, 2.24) is 9.88 Å². The van der Waals surface area contributed by atoms with Crippen LogP contribution in [0.25, 0.3) is 0 Å². The molecule has 3 rings (SSSR count). The lowest BCUT2D eigenvalue weighted by atomic mass is 9.79. The molecule has 1 aromatic rings. The van der Waals surface area contributed by atoms with E-state index < -0.39 is 30.0 Å². The maximum Gasteiger partial charge on any atom is 0.495 e. The van der Waals surface area contributed by atoms with Gasteiger partial charge in [-0.05, 0) is 91.7 Å². The van der Waals surface area contributed by atoms with Gasteiger partial charge in [-0.3, -0.25) is 0 Å². The minimum Gasteiger partial charge on any atom is -0.465 e. The highest BCUT2D eigenvalue weighted by Crippen LogP contribution is 2.37. The zero-order valence-corrected chi connectivity index (χ0v) is 20.4. The van der Waals surface area contributed by atoms with Crippen molar-refractivity contribution in [3.8, 4) is 0 Å². The van der Waals surface area contributed by atoms with Crippen molar-refractivity contribution in [2.45, 2.75) is 103 Å². The number of hydrogen-bond acceptors (Lipinski definition) is 5. The van der Waals surface area contributed by atoms with Gasteiger partial charge in [-0.15, -0.1) is 0 Å². The average Bonchev–Trinajstić information content (AvgIpc) is 2.82. The number of carbonyl (C=O) groups is 1. The lowest BCUT2D eigenvalue weighted by molar-refractivity contribution is 0.00578. The van der Waals surface area contributed by atoms with Gasteiger partial charge in [0.25, 0.3) is 0 Å². The summed E-state index contributed by atoms with van der Waals surface area (Å²) in [6.07, 6.45) is 2.50. The SMILES string of the molecule is CC(C)(C)N(C(=O)O)C1CCC(Nc2cc(B3OC(C)(C)C(C)(C)O3)cc(Cl)n2)CC1. The molecule has 1 aliphatic heterocycles. The summed E-state index contributed by atoms with van der Waals surface area (Å²) in [6.45, 7) is 13.9. The number of pyridine rings is 1. The molecule has 7 nitrogen and oxygen atoms in total. The van der Waals surface area contributed by atoms with Gasteiger partial charge in [0, 0.05) is 17.6 Å². The fraction of sp³-hybridized carbons (Fsp3) is 0.727. The molecule has 1 saturated carbocycles. The number of hydrogen-bond donors (Lipinski definition) is 2. The van der Waals surface area contributed by atoms with Crippen LogP contribution in [0.15, 0.2) is 12.1 Å². The summed E-state index contributed by atoms with van der Waals surface area (Å²) in [6, 6.07) is 3.95. The first kappa shape index (κ1) is 24.1. The molecule has 0 spiro atoms. The summed E-state index contributed by atoms with van der Waals surface area (Å²) in [4.78, 5) is 17.8. The van der Waals surface area contributed by atoms with Crippen LogP contribution in [0, 0.1) is 0 Å². The summed E-state index contributed by atoms with van der Waals surface area (Å²) < 4.78 is 12.3. The normalized spacial score (nSPS) is 25.4. The van der Waals surface area contributed by atoms with Gasteiger partial charge in [0.05, 0.1) is 11.2 Å². The summed E-state index contributed by atoms with van der Waals surface area (Å²) in [5.74, 6) is 0.687. The maximum atomic E-state index is 11.8. The van der Waals surface area contributed by atoms with Crippen molar-refractivity contribution in [2.75, 3.05) is 5.32 Å². The Balaban J connectivity index is 1.66. The molecule has 2 N–H and O–H groups in total. The highest BCUT2D eigenvalue weighted by molar-refractivity contribution is 6.62. The number of nitrogens with zero attached hydrogens (tertiary/aromatic N) is 2. The second-order valence-corrected chi connectivity index (χ2v) is 11.1. The molecule has 0 atom stereocenters. The summed E-state index contributed by atoms with van der Waals surface area (Å²) in [5, 5.41) is 13.5. The van der Waals surface area contributed by atoms with Crippen molar-refractivity contribution in [3.63, 3.8) is 0 Å². The first-order valence-electron chi connectivity index (χ1n) is 11.0. The number of halogens is 1. The molecule has 1 aliphatic carbocycles. The third-order valence-corrected chi connectivity index (χ3v) is 6.88. The van der Waals surface area contributed by atoms with E-state index in [0.29, 0.717) is 11.0 Å². The summed E-state index contributed by atoms with van der Waals surface area (Å²) in [5.41, 5.74) is -0.437. The molecule has 2 fully saturated rings. The monoisotopic (exact) mass is 451 g/mol. The van der Waals surface area contributed by atoms with Crippen LogP contribution < -0.4 is 10.8 Å². The number of carboxylic acid groups (broad SMARTS) is 1. The maximum absolute atomic E-state index is 11.8. The van der Waals surface area contributed by atoms with Crippen LogP contribution in [0.2, 0.25) is 5.15 Å². The highest BCUT2D eigenvalue weighted by Gasteiger charge is 2.51. The Hall–Kier alpha value is -1.51.